The molecule has 1 amide bonds. The van der Waals surface area contributed by atoms with Crippen molar-refractivity contribution in [2.45, 2.75) is 19.4 Å². The number of carbonyl (C=O) groups is 1. The SMILES string of the molecule is CC1OCCC1C(=O)N(C)CC#N. The first-order valence-corrected chi connectivity index (χ1v) is 4.40. The van der Waals surface area contributed by atoms with E-state index in [1.165, 1.54) is 4.90 Å². The minimum Gasteiger partial charge on any atom is -0.378 e. The number of hydrogen-bond acceptors (Lipinski definition) is 3. The van der Waals surface area contributed by atoms with E-state index < -0.39 is 0 Å². The van der Waals surface area contributed by atoms with E-state index in [0.717, 1.165) is 6.42 Å². The fourth-order valence-corrected chi connectivity index (χ4v) is 1.52. The number of nitrogens with zero attached hydrogens (tertiary/aromatic N) is 2. The van der Waals surface area contributed by atoms with Crippen LogP contribution >= 0.6 is 0 Å². The van der Waals surface area contributed by atoms with Crippen LogP contribution < -0.4 is 0 Å². The third-order valence-electron chi connectivity index (χ3n) is 2.38. The second-order valence-electron chi connectivity index (χ2n) is 3.32. The summed E-state index contributed by atoms with van der Waals surface area (Å²) < 4.78 is 5.28. The van der Waals surface area contributed by atoms with Gasteiger partial charge in [0, 0.05) is 13.7 Å². The van der Waals surface area contributed by atoms with E-state index in [1.807, 2.05) is 13.0 Å². The van der Waals surface area contributed by atoms with Gasteiger partial charge in [0.2, 0.25) is 5.91 Å². The predicted molar refractivity (Wildman–Crippen MR) is 46.8 cm³/mol. The monoisotopic (exact) mass is 182 g/mol. The van der Waals surface area contributed by atoms with Crippen LogP contribution in [0.5, 0.6) is 0 Å². The molecule has 4 nitrogen and oxygen atoms in total. The zero-order valence-corrected chi connectivity index (χ0v) is 7.99. The lowest BCUT2D eigenvalue weighted by atomic mass is 10.0. The van der Waals surface area contributed by atoms with Crippen LogP contribution in [0.25, 0.3) is 0 Å². The summed E-state index contributed by atoms with van der Waals surface area (Å²) in [6.45, 7) is 2.70. The predicted octanol–water partition coefficient (Wildman–Crippen LogP) is 0.393. The van der Waals surface area contributed by atoms with Crippen molar-refractivity contribution in [1.29, 1.82) is 5.26 Å². The molecule has 72 valence electrons. The molecule has 1 saturated heterocycles. The first-order chi connectivity index (χ1) is 6.16. The molecule has 1 aliphatic heterocycles. The Bertz CT molecular complexity index is 234. The molecule has 0 saturated carbocycles. The molecule has 0 aliphatic carbocycles. The molecule has 1 rings (SSSR count). The van der Waals surface area contributed by atoms with Crippen molar-refractivity contribution in [1.82, 2.24) is 4.90 Å². The summed E-state index contributed by atoms with van der Waals surface area (Å²) in [7, 11) is 1.65. The highest BCUT2D eigenvalue weighted by atomic mass is 16.5. The molecule has 1 fully saturated rings. The van der Waals surface area contributed by atoms with E-state index in [9.17, 15) is 4.79 Å². The van der Waals surface area contributed by atoms with Crippen LogP contribution in [-0.2, 0) is 9.53 Å². The average Bonchev–Trinajstić information content (AvgIpc) is 2.50. The van der Waals surface area contributed by atoms with Crippen molar-refractivity contribution < 1.29 is 9.53 Å². The van der Waals surface area contributed by atoms with Crippen LogP contribution in [-0.4, -0.2) is 37.1 Å². The maximum atomic E-state index is 11.6. The molecule has 2 unspecified atom stereocenters. The van der Waals surface area contributed by atoms with Gasteiger partial charge in [-0.05, 0) is 13.3 Å². The topological polar surface area (TPSA) is 53.3 Å². The highest BCUT2D eigenvalue weighted by Gasteiger charge is 2.32. The van der Waals surface area contributed by atoms with Gasteiger partial charge < -0.3 is 9.64 Å². The Labute approximate surface area is 78.1 Å². The van der Waals surface area contributed by atoms with Gasteiger partial charge in [0.05, 0.1) is 18.1 Å². The molecule has 0 radical (unpaired) electrons. The van der Waals surface area contributed by atoms with Gasteiger partial charge in [0.15, 0.2) is 0 Å². The molecule has 2 atom stereocenters. The Kier molecular flexibility index (Phi) is 3.26. The van der Waals surface area contributed by atoms with Crippen LogP contribution in [0, 0.1) is 17.2 Å². The Morgan fingerprint density at radius 3 is 2.92 bits per heavy atom. The number of ether oxygens (including phenoxy) is 1. The fourth-order valence-electron chi connectivity index (χ4n) is 1.52. The van der Waals surface area contributed by atoms with Gasteiger partial charge in [-0.15, -0.1) is 0 Å². The molecule has 1 heterocycles. The van der Waals surface area contributed by atoms with Gasteiger partial charge in [-0.1, -0.05) is 0 Å². The maximum absolute atomic E-state index is 11.6. The molecule has 0 spiro atoms. The second kappa shape index (κ2) is 4.24. The number of amides is 1. The summed E-state index contributed by atoms with van der Waals surface area (Å²) in [5.41, 5.74) is 0. The van der Waals surface area contributed by atoms with E-state index in [2.05, 4.69) is 0 Å². The minimum absolute atomic E-state index is 0.00589. The van der Waals surface area contributed by atoms with E-state index in [1.54, 1.807) is 7.05 Å². The highest BCUT2D eigenvalue weighted by Crippen LogP contribution is 2.21. The number of rotatable bonds is 2. The third kappa shape index (κ3) is 2.19. The Morgan fingerprint density at radius 1 is 1.77 bits per heavy atom. The molecule has 0 aromatic carbocycles. The normalized spacial score (nSPS) is 26.8. The Morgan fingerprint density at radius 2 is 2.46 bits per heavy atom. The number of nitriles is 1. The summed E-state index contributed by atoms with van der Waals surface area (Å²) in [6.07, 6.45) is 0.768. The largest absolute Gasteiger partial charge is 0.378 e. The van der Waals surface area contributed by atoms with Crippen LogP contribution in [0.3, 0.4) is 0 Å². The summed E-state index contributed by atoms with van der Waals surface area (Å²) in [4.78, 5) is 13.1. The maximum Gasteiger partial charge on any atom is 0.228 e. The smallest absolute Gasteiger partial charge is 0.228 e. The van der Waals surface area contributed by atoms with Crippen molar-refractivity contribution >= 4 is 5.91 Å². The average molecular weight is 182 g/mol. The lowest BCUT2D eigenvalue weighted by molar-refractivity contribution is -0.135. The van der Waals surface area contributed by atoms with Gasteiger partial charge in [-0.3, -0.25) is 4.79 Å². The third-order valence-corrected chi connectivity index (χ3v) is 2.38. The summed E-state index contributed by atoms with van der Waals surface area (Å²) in [5.74, 6) is -0.0371. The van der Waals surface area contributed by atoms with Crippen molar-refractivity contribution in [3.63, 3.8) is 0 Å². The zero-order valence-electron chi connectivity index (χ0n) is 7.99. The van der Waals surface area contributed by atoms with E-state index in [4.69, 9.17) is 10.00 Å². The van der Waals surface area contributed by atoms with Gasteiger partial charge in [-0.25, -0.2) is 0 Å². The van der Waals surface area contributed by atoms with Crippen LogP contribution in [0.15, 0.2) is 0 Å². The van der Waals surface area contributed by atoms with Crippen molar-refractivity contribution in [2.24, 2.45) is 5.92 Å². The molecule has 13 heavy (non-hydrogen) atoms. The number of carbonyl (C=O) groups excluding carboxylic acids is 1. The van der Waals surface area contributed by atoms with Gasteiger partial charge in [0.1, 0.15) is 6.54 Å². The molecule has 0 bridgehead atoms. The van der Waals surface area contributed by atoms with Gasteiger partial charge in [-0.2, -0.15) is 5.26 Å². The Hall–Kier alpha value is -1.08. The van der Waals surface area contributed by atoms with E-state index in [0.29, 0.717) is 6.61 Å². The standard InChI is InChI=1S/C9H14N2O2/c1-7-8(3-6-13-7)9(12)11(2)5-4-10/h7-8H,3,5-6H2,1-2H3. The summed E-state index contributed by atoms with van der Waals surface area (Å²) in [6, 6.07) is 1.95. The quantitative estimate of drug-likeness (QED) is 0.580. The molecular formula is C9H14N2O2. The first kappa shape index (κ1) is 10.0. The second-order valence-corrected chi connectivity index (χ2v) is 3.32. The first-order valence-electron chi connectivity index (χ1n) is 4.40. The molecule has 0 N–H and O–H groups in total. The lowest BCUT2D eigenvalue weighted by Gasteiger charge is -2.19. The lowest BCUT2D eigenvalue weighted by Crippen LogP contribution is -2.36. The van der Waals surface area contributed by atoms with Gasteiger partial charge in [0.25, 0.3) is 0 Å². The molecule has 0 aromatic heterocycles. The van der Waals surface area contributed by atoms with Gasteiger partial charge >= 0.3 is 0 Å². The Balaban J connectivity index is 2.52. The van der Waals surface area contributed by atoms with Crippen LogP contribution in [0.4, 0.5) is 0 Å². The molecule has 1 aliphatic rings. The zero-order chi connectivity index (χ0) is 9.84. The molecule has 4 heteroatoms. The van der Waals surface area contributed by atoms with Crippen molar-refractivity contribution in [3.05, 3.63) is 0 Å². The summed E-state index contributed by atoms with van der Waals surface area (Å²) >= 11 is 0. The van der Waals surface area contributed by atoms with Crippen LogP contribution in [0.2, 0.25) is 0 Å². The van der Waals surface area contributed by atoms with Crippen molar-refractivity contribution in [2.75, 3.05) is 20.2 Å². The van der Waals surface area contributed by atoms with E-state index in [-0.39, 0.29) is 24.5 Å². The molecule has 0 aromatic rings. The fraction of sp³-hybridized carbons (Fsp3) is 0.778. The minimum atomic E-state index is -0.0571. The summed E-state index contributed by atoms with van der Waals surface area (Å²) in [5, 5.41) is 8.42. The van der Waals surface area contributed by atoms with Crippen molar-refractivity contribution in [3.8, 4) is 6.07 Å². The molecular weight excluding hydrogens is 168 g/mol. The van der Waals surface area contributed by atoms with E-state index >= 15 is 0 Å². The number of hydrogen-bond donors (Lipinski definition) is 0. The van der Waals surface area contributed by atoms with Crippen LogP contribution in [0.1, 0.15) is 13.3 Å². The highest BCUT2D eigenvalue weighted by molar-refractivity contribution is 5.79.